The Hall–Kier alpha value is -6.40. The summed E-state index contributed by atoms with van der Waals surface area (Å²) in [5.74, 6) is -2.48. The molecule has 0 saturated carbocycles. The lowest BCUT2D eigenvalue weighted by Crippen LogP contribution is -2.60. The Morgan fingerprint density at radius 2 is 1.20 bits per heavy atom. The van der Waals surface area contributed by atoms with Crippen molar-refractivity contribution >= 4 is 53.0 Å². The van der Waals surface area contributed by atoms with Gasteiger partial charge in [-0.25, -0.2) is 4.99 Å². The van der Waals surface area contributed by atoms with Crippen molar-refractivity contribution in [3.05, 3.63) is 65.2 Å². The quantitative estimate of drug-likeness (QED) is 0.0421. The summed E-state index contributed by atoms with van der Waals surface area (Å²) >= 11 is 0. The van der Waals surface area contributed by atoms with E-state index in [9.17, 15) is 19.2 Å². The average Bonchev–Trinajstić information content (AvgIpc) is 3.11. The molecule has 0 aliphatic rings. The highest BCUT2D eigenvalue weighted by atomic mass is 16.2. The number of carbonyl (C=O) groups excluding carboxylic acids is 4. The van der Waals surface area contributed by atoms with Crippen LogP contribution in [0.2, 0.25) is 0 Å². The maximum absolute atomic E-state index is 14.0. The zero-order valence-electron chi connectivity index (χ0n) is 32.0. The van der Waals surface area contributed by atoms with Crippen LogP contribution in [0.3, 0.4) is 0 Å². The summed E-state index contributed by atoms with van der Waals surface area (Å²) in [5.41, 5.74) is 39.9. The highest BCUT2D eigenvalue weighted by molar-refractivity contribution is 6.01. The van der Waals surface area contributed by atoms with Gasteiger partial charge in [0.15, 0.2) is 17.9 Å². The van der Waals surface area contributed by atoms with Crippen molar-refractivity contribution in [3.8, 4) is 0 Å². The number of nitrogen functional groups attached to an aromatic ring is 1. The summed E-state index contributed by atoms with van der Waals surface area (Å²) in [6, 6.07) is 10.4. The van der Waals surface area contributed by atoms with Crippen LogP contribution in [0.4, 0.5) is 5.69 Å². The minimum Gasteiger partial charge on any atom is -0.384 e. The molecule has 0 spiro atoms. The van der Waals surface area contributed by atoms with E-state index < -0.39 is 47.2 Å². The van der Waals surface area contributed by atoms with Crippen molar-refractivity contribution in [1.82, 2.24) is 16.0 Å². The van der Waals surface area contributed by atoms with Gasteiger partial charge >= 0.3 is 0 Å². The van der Waals surface area contributed by atoms with Gasteiger partial charge in [-0.3, -0.25) is 34.6 Å². The lowest BCUT2D eigenvalue weighted by Gasteiger charge is -2.33. The summed E-state index contributed by atoms with van der Waals surface area (Å²) in [5, 5.41) is 16.1. The second-order valence-corrected chi connectivity index (χ2v) is 14.0. The first-order valence-corrected chi connectivity index (χ1v) is 17.6. The van der Waals surface area contributed by atoms with E-state index in [1.807, 2.05) is 0 Å². The maximum atomic E-state index is 14.0. The first-order chi connectivity index (χ1) is 25.8. The smallest absolute Gasteiger partial charge is 0.249 e. The van der Waals surface area contributed by atoms with E-state index >= 15 is 0 Å². The Bertz CT molecular complexity index is 1710. The lowest BCUT2D eigenvalue weighted by atomic mass is 9.85. The molecule has 0 bridgehead atoms. The van der Waals surface area contributed by atoms with Crippen LogP contribution in [0.15, 0.2) is 63.5 Å². The van der Waals surface area contributed by atoms with Gasteiger partial charge in [0.05, 0.1) is 13.0 Å². The summed E-state index contributed by atoms with van der Waals surface area (Å²) < 4.78 is 0. The predicted octanol–water partition coefficient (Wildman–Crippen LogP) is -1.44. The Kier molecular flexibility index (Phi) is 17.4. The fourth-order valence-corrected chi connectivity index (χ4v) is 5.31. The predicted molar refractivity (Wildman–Crippen MR) is 216 cm³/mol. The molecule has 0 fully saturated rings. The van der Waals surface area contributed by atoms with Gasteiger partial charge in [-0.1, -0.05) is 45.0 Å². The molecule has 3 atom stereocenters. The van der Waals surface area contributed by atoms with Gasteiger partial charge < -0.3 is 61.0 Å². The van der Waals surface area contributed by atoms with Crippen molar-refractivity contribution in [2.45, 2.75) is 77.5 Å². The molecule has 300 valence electrons. The van der Waals surface area contributed by atoms with Crippen LogP contribution in [0, 0.1) is 10.8 Å². The molecular formula is C36H57N15O4. The molecule has 55 heavy (non-hydrogen) atoms. The molecular weight excluding hydrogens is 706 g/mol. The molecule has 0 unspecified atom stereocenters. The summed E-state index contributed by atoms with van der Waals surface area (Å²) in [4.78, 5) is 68.3. The number of nitrogens with one attached hydrogen (secondary N) is 4. The van der Waals surface area contributed by atoms with Gasteiger partial charge in [-0.05, 0) is 66.5 Å². The second-order valence-electron chi connectivity index (χ2n) is 14.0. The molecule has 0 radical (unpaired) electrons. The van der Waals surface area contributed by atoms with Crippen molar-refractivity contribution < 1.29 is 19.2 Å². The van der Waals surface area contributed by atoms with Crippen LogP contribution in [0.1, 0.15) is 63.1 Å². The third-order valence-electron chi connectivity index (χ3n) is 8.30. The molecule has 2 rings (SSSR count). The minimum atomic E-state index is -1.14. The lowest BCUT2D eigenvalue weighted by molar-refractivity contribution is -0.135. The zero-order chi connectivity index (χ0) is 41.3. The fourth-order valence-electron chi connectivity index (χ4n) is 5.31. The van der Waals surface area contributed by atoms with Crippen molar-refractivity contribution in [3.63, 3.8) is 0 Å². The van der Waals surface area contributed by atoms with Crippen molar-refractivity contribution in [2.24, 2.45) is 60.5 Å². The fraction of sp³-hybridized carbons (Fsp3) is 0.444. The Labute approximate surface area is 321 Å². The third kappa shape index (κ3) is 16.0. The number of guanidine groups is 3. The molecule has 0 aliphatic heterocycles. The number of aliphatic imine (C=N–C) groups is 3. The number of carbonyl (C=O) groups is 4. The van der Waals surface area contributed by atoms with Crippen LogP contribution in [-0.4, -0.2) is 85.6 Å². The first kappa shape index (κ1) is 44.8. The number of nitrogens with zero attached hydrogens (tertiary/aromatic N) is 4. The zero-order valence-corrected chi connectivity index (χ0v) is 32.0. The molecule has 2 aromatic rings. The summed E-state index contributed by atoms with van der Waals surface area (Å²) in [6.45, 7) is 5.99. The van der Waals surface area contributed by atoms with E-state index in [2.05, 4.69) is 30.9 Å². The van der Waals surface area contributed by atoms with Crippen molar-refractivity contribution in [1.29, 1.82) is 5.41 Å². The van der Waals surface area contributed by atoms with Gasteiger partial charge in [0.25, 0.3) is 0 Å². The molecule has 0 saturated heterocycles. The number of amidine groups is 1. The molecule has 2 aromatic carbocycles. The van der Waals surface area contributed by atoms with E-state index in [0.717, 1.165) is 5.56 Å². The molecule has 0 aliphatic carbocycles. The number of hydrogen-bond donors (Lipinski definition) is 11. The number of benzene rings is 2. The Morgan fingerprint density at radius 3 is 1.69 bits per heavy atom. The SMILES string of the molecule is CN(C(=O)[C@H](CCCN=C(N)N)NC(=O)[C@@H](NC(=O)[C@H](CCCN=C(N)N)NC(=O)Cc1ccc(CN=C(N)N)cc1)C(C)(C)C)c1ccc(C(=N)N)cc1. The number of nitrogens with two attached hydrogens (primary N) is 7. The standard InChI is InChI=1S/C36H57N15O4/c1-36(2,3)28(31(54)49-26(8-6-18-46-34(41)42)32(55)51(4)24-15-13-23(14-16-24)29(37)38)50-30(53)25(7-5-17-45-33(39)40)48-27(52)19-21-9-11-22(12-10-21)20-47-35(43)44/h9-16,25-26,28H,5-8,17-20H2,1-4H3,(H3,37,38)(H,48,52)(H,49,54)(H,50,53)(H4,39,40,45)(H4,41,42,46)(H4,43,44,47)/t25-,26-,28+/m0/s1. The number of rotatable bonds is 20. The van der Waals surface area contributed by atoms with Crippen LogP contribution in [0.25, 0.3) is 0 Å². The van der Waals surface area contributed by atoms with Crippen LogP contribution in [0.5, 0.6) is 0 Å². The van der Waals surface area contributed by atoms with E-state index in [0.29, 0.717) is 29.7 Å². The number of amides is 4. The Morgan fingerprint density at radius 1 is 0.691 bits per heavy atom. The second kappa shape index (κ2) is 21.3. The molecule has 18 N–H and O–H groups in total. The molecule has 19 nitrogen and oxygen atoms in total. The van der Waals surface area contributed by atoms with E-state index in [1.54, 1.807) is 76.3 Å². The minimum absolute atomic E-state index is 0.0297. The van der Waals surface area contributed by atoms with E-state index in [-0.39, 0.29) is 62.6 Å². The van der Waals surface area contributed by atoms with Gasteiger partial charge in [0.1, 0.15) is 24.0 Å². The van der Waals surface area contributed by atoms with E-state index in [4.69, 9.17) is 45.5 Å². The maximum Gasteiger partial charge on any atom is 0.249 e. The summed E-state index contributed by atoms with van der Waals surface area (Å²) in [6.07, 6.45) is 0.984. The van der Waals surface area contributed by atoms with Crippen LogP contribution in [-0.2, 0) is 32.1 Å². The average molecular weight is 764 g/mol. The van der Waals surface area contributed by atoms with Gasteiger partial charge in [0, 0.05) is 31.4 Å². The Balaban J connectivity index is 2.31. The highest BCUT2D eigenvalue weighted by Gasteiger charge is 2.37. The summed E-state index contributed by atoms with van der Waals surface area (Å²) in [7, 11) is 1.56. The normalized spacial score (nSPS) is 12.5. The van der Waals surface area contributed by atoms with Gasteiger partial charge in [-0.2, -0.15) is 0 Å². The first-order valence-electron chi connectivity index (χ1n) is 17.6. The van der Waals surface area contributed by atoms with Gasteiger partial charge in [-0.15, -0.1) is 0 Å². The molecule has 19 heteroatoms. The van der Waals surface area contributed by atoms with E-state index in [1.165, 1.54) is 4.90 Å². The van der Waals surface area contributed by atoms with Gasteiger partial charge in [0.2, 0.25) is 23.6 Å². The topological polar surface area (TPSA) is 351 Å². The van der Waals surface area contributed by atoms with Crippen molar-refractivity contribution in [2.75, 3.05) is 25.0 Å². The monoisotopic (exact) mass is 763 g/mol. The van der Waals surface area contributed by atoms with Crippen LogP contribution < -0.4 is 61.0 Å². The third-order valence-corrected chi connectivity index (χ3v) is 8.30. The molecule has 4 amide bonds. The largest absolute Gasteiger partial charge is 0.384 e. The number of likely N-dealkylation sites (N-methyl/N-ethyl adjacent to an activating group) is 1. The van der Waals surface area contributed by atoms with Crippen LogP contribution >= 0.6 is 0 Å². The molecule has 0 aromatic heterocycles. The highest BCUT2D eigenvalue weighted by Crippen LogP contribution is 2.22. The number of hydrogen-bond acceptors (Lipinski definition) is 8. The number of anilines is 1. The molecule has 0 heterocycles.